The maximum Gasteiger partial charge on any atom is 0.354 e. The molecule has 1 N–H and O–H groups in total. The number of aromatic nitrogens is 2. The molecule has 1 aromatic carbocycles. The summed E-state index contributed by atoms with van der Waals surface area (Å²) in [4.78, 5) is 11.0. The van der Waals surface area contributed by atoms with Crippen molar-refractivity contribution in [3.63, 3.8) is 0 Å². The highest BCUT2D eigenvalue weighted by Gasteiger charge is 2.14. The van der Waals surface area contributed by atoms with Crippen molar-refractivity contribution >= 4 is 37.8 Å². The first-order valence-electron chi connectivity index (χ1n) is 4.33. The zero-order valence-electron chi connectivity index (χ0n) is 7.89. The number of halogens is 2. The van der Waals surface area contributed by atoms with Crippen LogP contribution in [0, 0.1) is 0 Å². The Balaban J connectivity index is 2.59. The van der Waals surface area contributed by atoms with E-state index in [1.54, 1.807) is 12.1 Å². The SMILES string of the molecule is O=C(O)c1cc(Br)nn1-c1cccc(Br)c1. The molecule has 0 aliphatic rings. The molecular weight excluding hydrogens is 340 g/mol. The lowest BCUT2D eigenvalue weighted by Gasteiger charge is -2.04. The molecule has 0 radical (unpaired) electrons. The minimum atomic E-state index is -1.02. The molecule has 0 fully saturated rings. The van der Waals surface area contributed by atoms with Gasteiger partial charge in [0.05, 0.1) is 5.69 Å². The predicted octanol–water partition coefficient (Wildman–Crippen LogP) is 3.10. The maximum atomic E-state index is 11.0. The number of benzene rings is 1. The van der Waals surface area contributed by atoms with Gasteiger partial charge in [-0.1, -0.05) is 22.0 Å². The highest BCUT2D eigenvalue weighted by Crippen LogP contribution is 2.19. The van der Waals surface area contributed by atoms with Gasteiger partial charge in [-0.25, -0.2) is 9.48 Å². The number of carboxylic acid groups (broad SMARTS) is 1. The summed E-state index contributed by atoms with van der Waals surface area (Å²) in [5.41, 5.74) is 0.808. The van der Waals surface area contributed by atoms with Gasteiger partial charge in [-0.05, 0) is 34.1 Å². The topological polar surface area (TPSA) is 55.1 Å². The lowest BCUT2D eigenvalue weighted by molar-refractivity contribution is 0.0687. The van der Waals surface area contributed by atoms with Crippen LogP contribution >= 0.6 is 31.9 Å². The third-order valence-corrected chi connectivity index (χ3v) is 2.83. The second-order valence-corrected chi connectivity index (χ2v) is 4.78. The van der Waals surface area contributed by atoms with E-state index in [2.05, 4.69) is 37.0 Å². The molecule has 0 spiro atoms. The van der Waals surface area contributed by atoms with Crippen molar-refractivity contribution < 1.29 is 9.90 Å². The summed E-state index contributed by atoms with van der Waals surface area (Å²) in [5, 5.41) is 13.1. The normalized spacial score (nSPS) is 10.4. The fourth-order valence-electron chi connectivity index (χ4n) is 1.31. The third-order valence-electron chi connectivity index (χ3n) is 1.95. The Morgan fingerprint density at radius 3 is 2.69 bits per heavy atom. The molecule has 0 aliphatic heterocycles. The van der Waals surface area contributed by atoms with Crippen LogP contribution < -0.4 is 0 Å². The van der Waals surface area contributed by atoms with Crippen LogP contribution in [0.15, 0.2) is 39.4 Å². The molecule has 4 nitrogen and oxygen atoms in total. The molecule has 2 rings (SSSR count). The minimum Gasteiger partial charge on any atom is -0.477 e. The fraction of sp³-hybridized carbons (Fsp3) is 0. The Kier molecular flexibility index (Phi) is 3.11. The Morgan fingerprint density at radius 1 is 1.31 bits per heavy atom. The monoisotopic (exact) mass is 344 g/mol. The molecular formula is C10H6Br2N2O2. The van der Waals surface area contributed by atoms with Crippen molar-refractivity contribution in [1.29, 1.82) is 0 Å². The van der Waals surface area contributed by atoms with Gasteiger partial charge in [0.15, 0.2) is 5.69 Å². The van der Waals surface area contributed by atoms with Gasteiger partial charge >= 0.3 is 5.97 Å². The first kappa shape index (κ1) is 11.3. The summed E-state index contributed by atoms with van der Waals surface area (Å²) < 4.78 is 2.73. The van der Waals surface area contributed by atoms with E-state index in [0.29, 0.717) is 10.3 Å². The third kappa shape index (κ3) is 2.17. The van der Waals surface area contributed by atoms with Crippen molar-refractivity contribution in [3.05, 3.63) is 45.1 Å². The molecule has 0 aliphatic carbocycles. The van der Waals surface area contributed by atoms with Crippen LogP contribution in [-0.2, 0) is 0 Å². The van der Waals surface area contributed by atoms with Gasteiger partial charge in [-0.3, -0.25) is 0 Å². The van der Waals surface area contributed by atoms with Gasteiger partial charge in [-0.15, -0.1) is 0 Å². The van der Waals surface area contributed by atoms with E-state index in [9.17, 15) is 4.79 Å². The minimum absolute atomic E-state index is 0.116. The number of aromatic carboxylic acids is 1. The molecule has 0 bridgehead atoms. The Hall–Kier alpha value is -1.14. The summed E-state index contributed by atoms with van der Waals surface area (Å²) in [6.45, 7) is 0. The molecule has 2 aromatic rings. The summed E-state index contributed by atoms with van der Waals surface area (Å²) in [6, 6.07) is 8.73. The molecule has 1 heterocycles. The summed E-state index contributed by atoms with van der Waals surface area (Å²) in [5.74, 6) is -1.02. The van der Waals surface area contributed by atoms with Crippen LogP contribution in [0.25, 0.3) is 5.69 Å². The molecule has 82 valence electrons. The Bertz CT molecular complexity index is 552. The number of carbonyl (C=O) groups is 1. The Morgan fingerprint density at radius 2 is 2.06 bits per heavy atom. The second-order valence-electron chi connectivity index (χ2n) is 3.05. The molecule has 0 saturated heterocycles. The lowest BCUT2D eigenvalue weighted by Crippen LogP contribution is -2.07. The number of rotatable bonds is 2. The van der Waals surface area contributed by atoms with E-state index in [1.165, 1.54) is 10.7 Å². The Labute approximate surface area is 108 Å². The summed E-state index contributed by atoms with van der Waals surface area (Å²) in [7, 11) is 0. The standard InChI is InChI=1S/C10H6Br2N2O2/c11-6-2-1-3-7(4-6)14-8(10(15)16)5-9(12)13-14/h1-5H,(H,15,16). The molecule has 0 atom stereocenters. The summed E-state index contributed by atoms with van der Waals surface area (Å²) >= 11 is 6.49. The first-order chi connectivity index (χ1) is 7.58. The van der Waals surface area contributed by atoms with Crippen molar-refractivity contribution in [2.45, 2.75) is 0 Å². The largest absolute Gasteiger partial charge is 0.477 e. The van der Waals surface area contributed by atoms with E-state index in [-0.39, 0.29) is 5.69 Å². The van der Waals surface area contributed by atoms with Crippen molar-refractivity contribution in [1.82, 2.24) is 9.78 Å². The van der Waals surface area contributed by atoms with Gasteiger partial charge < -0.3 is 5.11 Å². The fourth-order valence-corrected chi connectivity index (χ4v) is 2.07. The van der Waals surface area contributed by atoms with E-state index < -0.39 is 5.97 Å². The van der Waals surface area contributed by atoms with Crippen LogP contribution in [0.3, 0.4) is 0 Å². The number of hydrogen-bond donors (Lipinski definition) is 1. The second kappa shape index (κ2) is 4.39. The molecule has 0 amide bonds. The molecule has 0 unspecified atom stereocenters. The van der Waals surface area contributed by atoms with Crippen molar-refractivity contribution in [3.8, 4) is 5.69 Å². The average Bonchev–Trinajstić information content (AvgIpc) is 2.60. The number of hydrogen-bond acceptors (Lipinski definition) is 2. The van der Waals surface area contributed by atoms with Gasteiger partial charge in [0.1, 0.15) is 4.60 Å². The van der Waals surface area contributed by atoms with Gasteiger partial charge in [-0.2, -0.15) is 5.10 Å². The maximum absolute atomic E-state index is 11.0. The van der Waals surface area contributed by atoms with Crippen molar-refractivity contribution in [2.75, 3.05) is 0 Å². The number of nitrogens with zero attached hydrogens (tertiary/aromatic N) is 2. The van der Waals surface area contributed by atoms with Crippen LogP contribution in [0.5, 0.6) is 0 Å². The highest BCUT2D eigenvalue weighted by molar-refractivity contribution is 9.10. The zero-order valence-corrected chi connectivity index (χ0v) is 11.1. The van der Waals surface area contributed by atoms with E-state index in [1.807, 2.05) is 12.1 Å². The smallest absolute Gasteiger partial charge is 0.354 e. The quantitative estimate of drug-likeness (QED) is 0.909. The molecule has 1 aromatic heterocycles. The highest BCUT2D eigenvalue weighted by atomic mass is 79.9. The van der Waals surface area contributed by atoms with Gasteiger partial charge in [0.2, 0.25) is 0 Å². The van der Waals surface area contributed by atoms with E-state index >= 15 is 0 Å². The van der Waals surface area contributed by atoms with Crippen LogP contribution in [0.2, 0.25) is 0 Å². The van der Waals surface area contributed by atoms with Crippen LogP contribution in [0.1, 0.15) is 10.5 Å². The lowest BCUT2D eigenvalue weighted by atomic mass is 10.3. The molecule has 16 heavy (non-hydrogen) atoms. The first-order valence-corrected chi connectivity index (χ1v) is 5.91. The van der Waals surface area contributed by atoms with E-state index in [4.69, 9.17) is 5.11 Å². The van der Waals surface area contributed by atoms with Gasteiger partial charge in [0.25, 0.3) is 0 Å². The number of carboxylic acids is 1. The predicted molar refractivity (Wildman–Crippen MR) is 65.9 cm³/mol. The van der Waals surface area contributed by atoms with Crippen LogP contribution in [0.4, 0.5) is 0 Å². The van der Waals surface area contributed by atoms with E-state index in [0.717, 1.165) is 4.47 Å². The average molecular weight is 346 g/mol. The molecule has 0 saturated carbocycles. The van der Waals surface area contributed by atoms with Crippen LogP contribution in [-0.4, -0.2) is 20.9 Å². The van der Waals surface area contributed by atoms with Gasteiger partial charge in [0, 0.05) is 10.5 Å². The summed E-state index contributed by atoms with van der Waals surface area (Å²) in [6.07, 6.45) is 0. The zero-order chi connectivity index (χ0) is 11.7. The van der Waals surface area contributed by atoms with Crippen molar-refractivity contribution in [2.24, 2.45) is 0 Å². The molecule has 6 heteroatoms.